The van der Waals surface area contributed by atoms with Gasteiger partial charge in [-0.2, -0.15) is 0 Å². The molecule has 5 heteroatoms. The Hall–Kier alpha value is -5.65. The molecule has 3 heterocycles. The van der Waals surface area contributed by atoms with Crippen molar-refractivity contribution >= 4 is 53.4 Å². The van der Waals surface area contributed by atoms with E-state index < -0.39 is 60.4 Å². The summed E-state index contributed by atoms with van der Waals surface area (Å²) in [5, 5.41) is 4.00. The summed E-state index contributed by atoms with van der Waals surface area (Å²) >= 11 is 1.74. The van der Waals surface area contributed by atoms with Crippen molar-refractivity contribution in [3.8, 4) is 33.9 Å². The van der Waals surface area contributed by atoms with Gasteiger partial charge in [-0.05, 0) is 41.0 Å². The van der Waals surface area contributed by atoms with Crippen molar-refractivity contribution in [3.05, 3.63) is 151 Å². The molecule has 0 radical (unpaired) electrons. The Labute approximate surface area is 277 Å². The quantitative estimate of drug-likeness (QED) is 0.196. The van der Waals surface area contributed by atoms with Crippen LogP contribution in [-0.2, 0) is 6.42 Å². The summed E-state index contributed by atoms with van der Waals surface area (Å²) in [6.45, 7) is 0. The van der Waals surface area contributed by atoms with Crippen LogP contribution in [0.4, 0.5) is 0 Å². The first kappa shape index (κ1) is 17.6. The number of furan rings is 1. The topological polar surface area (TPSA) is 51.8 Å². The highest BCUT2D eigenvalue weighted by molar-refractivity contribution is 7.26. The van der Waals surface area contributed by atoms with Crippen LogP contribution in [0.25, 0.3) is 76.0 Å². The van der Waals surface area contributed by atoms with Crippen molar-refractivity contribution in [1.82, 2.24) is 15.0 Å². The minimum atomic E-state index is -0.598. The average molecular weight is 606 g/mol. The standard InChI is InChI=1S/C40H25N3OS/c1-3-11-25(12-4-1)39-41-36(42-40(43-39)26-13-5-2-6-14-26)24-28-15-9-19-34-37(28)32-23-27(21-22-33(32)44-34)29-17-10-18-31-30-16-7-8-20-35(30)45-38(29)31/h1-23H,24H2/i1D,2D,3D,4D,5D,6D,11D,12D,13D,14D. The lowest BCUT2D eigenvalue weighted by atomic mass is 9.98. The molecule has 0 fully saturated rings. The summed E-state index contributed by atoms with van der Waals surface area (Å²) in [4.78, 5) is 13.6. The summed E-state index contributed by atoms with van der Waals surface area (Å²) in [5.74, 6) is -0.523. The van der Waals surface area contributed by atoms with Crippen LogP contribution in [0.1, 0.15) is 25.1 Å². The number of thiophene rings is 1. The first-order valence-corrected chi connectivity index (χ1v) is 15.0. The molecule has 0 atom stereocenters. The van der Waals surface area contributed by atoms with Gasteiger partial charge in [0, 0.05) is 48.5 Å². The number of benzene rings is 6. The van der Waals surface area contributed by atoms with Crippen LogP contribution in [-0.4, -0.2) is 15.0 Å². The highest BCUT2D eigenvalue weighted by atomic mass is 32.1. The maximum Gasteiger partial charge on any atom is 0.163 e. The molecule has 3 aromatic heterocycles. The van der Waals surface area contributed by atoms with E-state index in [2.05, 4.69) is 51.4 Å². The number of hydrogen-bond donors (Lipinski definition) is 0. The third-order valence-electron chi connectivity index (χ3n) is 7.77. The van der Waals surface area contributed by atoms with E-state index in [9.17, 15) is 0 Å². The second-order valence-corrected chi connectivity index (χ2v) is 11.5. The van der Waals surface area contributed by atoms with E-state index in [0.29, 0.717) is 11.2 Å². The van der Waals surface area contributed by atoms with Crippen molar-refractivity contribution in [1.29, 1.82) is 0 Å². The van der Waals surface area contributed by atoms with E-state index in [0.717, 1.165) is 27.5 Å². The normalized spacial score (nSPS) is 14.8. The second kappa shape index (κ2) is 10.5. The molecular weight excluding hydrogens is 571 g/mol. The van der Waals surface area contributed by atoms with Gasteiger partial charge in [0.25, 0.3) is 0 Å². The molecule has 0 N–H and O–H groups in total. The van der Waals surface area contributed by atoms with Crippen LogP contribution in [0.2, 0.25) is 0 Å². The third-order valence-corrected chi connectivity index (χ3v) is 8.99. The van der Waals surface area contributed by atoms with Gasteiger partial charge in [0.1, 0.15) is 17.0 Å². The average Bonchev–Trinajstić information content (AvgIpc) is 3.77. The molecule has 0 unspecified atom stereocenters. The minimum Gasteiger partial charge on any atom is -0.456 e. The van der Waals surface area contributed by atoms with Gasteiger partial charge < -0.3 is 4.42 Å². The largest absolute Gasteiger partial charge is 0.456 e. The van der Waals surface area contributed by atoms with Gasteiger partial charge in [-0.25, -0.2) is 15.0 Å². The van der Waals surface area contributed by atoms with Crippen molar-refractivity contribution in [2.75, 3.05) is 0 Å². The van der Waals surface area contributed by atoms with Crippen molar-refractivity contribution in [2.45, 2.75) is 6.42 Å². The number of rotatable bonds is 5. The lowest BCUT2D eigenvalue weighted by molar-refractivity contribution is 0.668. The van der Waals surface area contributed by atoms with Crippen LogP contribution in [0.15, 0.2) is 144 Å². The van der Waals surface area contributed by atoms with Crippen LogP contribution < -0.4 is 0 Å². The van der Waals surface area contributed by atoms with Crippen LogP contribution >= 0.6 is 11.3 Å². The molecule has 0 amide bonds. The van der Waals surface area contributed by atoms with Crippen LogP contribution in [0.5, 0.6) is 0 Å². The molecular formula is C40H25N3OS. The SMILES string of the molecule is [2H]c1c([2H])c([2H])c(-c2nc(Cc3cccc4oc5ccc(-c6cccc7c6sc6ccccc67)cc5c34)nc(-c3c([2H])c([2H])c([2H])c([2H])c3[2H])n2)c([2H])c1[2H]. The van der Waals surface area contributed by atoms with Crippen molar-refractivity contribution in [3.63, 3.8) is 0 Å². The first-order valence-electron chi connectivity index (χ1n) is 19.2. The molecule has 0 saturated heterocycles. The Balaban J connectivity index is 1.25. The lowest BCUT2D eigenvalue weighted by Crippen LogP contribution is -2.04. The molecule has 0 aliphatic carbocycles. The predicted molar refractivity (Wildman–Crippen MR) is 186 cm³/mol. The third kappa shape index (κ3) is 4.48. The fraction of sp³-hybridized carbons (Fsp3) is 0.0250. The fourth-order valence-electron chi connectivity index (χ4n) is 5.81. The number of hydrogen-bond acceptors (Lipinski definition) is 5. The van der Waals surface area contributed by atoms with Gasteiger partial charge in [0.05, 0.1) is 13.7 Å². The van der Waals surface area contributed by atoms with E-state index in [4.69, 9.17) is 18.1 Å². The van der Waals surface area contributed by atoms with Gasteiger partial charge in [0.2, 0.25) is 0 Å². The Morgan fingerprint density at radius 2 is 1.31 bits per heavy atom. The minimum absolute atomic E-state index is 0.0297. The Bertz CT molecular complexity index is 2960. The molecule has 0 saturated carbocycles. The monoisotopic (exact) mass is 605 g/mol. The van der Waals surface area contributed by atoms with Gasteiger partial charge in [0.15, 0.2) is 11.6 Å². The Morgan fingerprint density at radius 3 is 2.09 bits per heavy atom. The first-order chi connectivity index (χ1) is 26.4. The number of fused-ring (bicyclic) bond motifs is 6. The van der Waals surface area contributed by atoms with E-state index in [1.54, 1.807) is 11.3 Å². The molecule has 9 aromatic rings. The van der Waals surface area contributed by atoms with Gasteiger partial charge in [-0.15, -0.1) is 11.3 Å². The molecule has 0 spiro atoms. The number of aromatic nitrogens is 3. The summed E-state index contributed by atoms with van der Waals surface area (Å²) < 4.78 is 92.4. The summed E-state index contributed by atoms with van der Waals surface area (Å²) in [5.41, 5.74) is 3.45. The van der Waals surface area contributed by atoms with Gasteiger partial charge in [-0.3, -0.25) is 0 Å². The highest BCUT2D eigenvalue weighted by Gasteiger charge is 2.17. The van der Waals surface area contributed by atoms with Gasteiger partial charge in [-0.1, -0.05) is 115 Å². The van der Waals surface area contributed by atoms with E-state index >= 15 is 0 Å². The molecule has 212 valence electrons. The molecule has 4 nitrogen and oxygen atoms in total. The molecule has 0 aliphatic heterocycles. The molecule has 6 aromatic carbocycles. The molecule has 0 aliphatic rings. The maximum absolute atomic E-state index is 8.63. The zero-order valence-corrected chi connectivity index (χ0v) is 24.2. The lowest BCUT2D eigenvalue weighted by Gasteiger charge is -2.09. The number of nitrogens with zero attached hydrogens (tertiary/aromatic N) is 3. The molecule has 9 rings (SSSR count). The fourth-order valence-corrected chi connectivity index (χ4v) is 7.04. The summed E-state index contributed by atoms with van der Waals surface area (Å²) in [7, 11) is 0. The Morgan fingerprint density at radius 1 is 0.600 bits per heavy atom. The Kier molecular flexibility index (Phi) is 4.11. The smallest absolute Gasteiger partial charge is 0.163 e. The summed E-state index contributed by atoms with van der Waals surface area (Å²) in [6, 6.07) is 20.4. The zero-order valence-electron chi connectivity index (χ0n) is 33.4. The van der Waals surface area contributed by atoms with Crippen molar-refractivity contribution in [2.24, 2.45) is 0 Å². The van der Waals surface area contributed by atoms with Crippen LogP contribution in [0.3, 0.4) is 0 Å². The van der Waals surface area contributed by atoms with E-state index in [1.165, 1.54) is 20.2 Å². The zero-order chi connectivity index (χ0) is 38.4. The van der Waals surface area contributed by atoms with E-state index in [-0.39, 0.29) is 35.0 Å². The molecule has 0 bridgehead atoms. The second-order valence-electron chi connectivity index (χ2n) is 10.5. The maximum atomic E-state index is 8.63. The van der Waals surface area contributed by atoms with Gasteiger partial charge >= 0.3 is 0 Å². The van der Waals surface area contributed by atoms with E-state index in [1.807, 2.05) is 42.5 Å². The molecule has 45 heavy (non-hydrogen) atoms. The summed E-state index contributed by atoms with van der Waals surface area (Å²) in [6.07, 6.45) is 0.0297. The van der Waals surface area contributed by atoms with Crippen LogP contribution in [0, 0.1) is 0 Å². The predicted octanol–water partition coefficient (Wildman–Crippen LogP) is 10.7. The van der Waals surface area contributed by atoms with Crippen molar-refractivity contribution < 1.29 is 18.1 Å². The highest BCUT2D eigenvalue weighted by Crippen LogP contribution is 2.41.